The number of para-hydroxylation sites is 2. The summed E-state index contributed by atoms with van der Waals surface area (Å²) in [5.41, 5.74) is 15.3. The van der Waals surface area contributed by atoms with Gasteiger partial charge in [0.2, 0.25) is 0 Å². The van der Waals surface area contributed by atoms with Gasteiger partial charge in [0, 0.05) is 55.2 Å². The van der Waals surface area contributed by atoms with Gasteiger partial charge >= 0.3 is 0 Å². The second-order valence-electron chi connectivity index (χ2n) is 14.9. The number of rotatable bonds is 6. The summed E-state index contributed by atoms with van der Waals surface area (Å²) >= 11 is 4.30. The van der Waals surface area contributed by atoms with E-state index < -0.39 is 0 Å². The van der Waals surface area contributed by atoms with Crippen LogP contribution in [-0.2, 0) is 0 Å². The number of nitrogens with one attached hydrogen (secondary N) is 1. The summed E-state index contributed by atoms with van der Waals surface area (Å²) in [5.74, 6) is 0.658. The zero-order valence-corrected chi connectivity index (χ0v) is 33.1. The highest BCUT2D eigenvalue weighted by atomic mass is 32.1. The highest BCUT2D eigenvalue weighted by molar-refractivity contribution is 7.79. The monoisotopic (exact) mass is 786 g/mol. The van der Waals surface area contributed by atoms with Gasteiger partial charge in [-0.25, -0.2) is 19.3 Å². The molecule has 6 nitrogen and oxygen atoms in total. The molecule has 0 unspecified atom stereocenters. The van der Waals surface area contributed by atoms with Crippen molar-refractivity contribution < 1.29 is 0 Å². The van der Waals surface area contributed by atoms with Crippen LogP contribution >= 0.6 is 12.8 Å². The average Bonchev–Trinajstić information content (AvgIpc) is 3.66. The Labute approximate surface area is 352 Å². The number of aromatic nitrogens is 4. The lowest BCUT2D eigenvalue weighted by Crippen LogP contribution is -2.18. The lowest BCUT2D eigenvalue weighted by atomic mass is 9.87. The summed E-state index contributed by atoms with van der Waals surface area (Å²) in [6.07, 6.45) is 3.73. The minimum absolute atomic E-state index is 0.318. The van der Waals surface area contributed by atoms with E-state index in [1.165, 1.54) is 10.8 Å². The third kappa shape index (κ3) is 6.03. The maximum absolute atomic E-state index is 8.65. The second-order valence-corrected chi connectivity index (χ2v) is 15.1. The molecule has 0 radical (unpaired) electrons. The molecule has 60 heavy (non-hydrogen) atoms. The van der Waals surface area contributed by atoms with E-state index in [1.54, 1.807) is 6.08 Å². The molecular formula is C53H34N6S. The Balaban J connectivity index is 1.04. The Morgan fingerprint density at radius 1 is 0.467 bits per heavy atom. The molecule has 0 atom stereocenters. The number of hydrogen-bond donors (Lipinski definition) is 2. The molecule has 0 saturated heterocycles. The van der Waals surface area contributed by atoms with E-state index in [1.807, 2.05) is 42.5 Å². The van der Waals surface area contributed by atoms with E-state index in [-0.39, 0.29) is 0 Å². The summed E-state index contributed by atoms with van der Waals surface area (Å²) in [7, 11) is 0. The predicted molar refractivity (Wildman–Crippen MR) is 251 cm³/mol. The molecule has 1 N–H and O–H groups in total. The van der Waals surface area contributed by atoms with Gasteiger partial charge in [-0.3, -0.25) is 5.41 Å². The van der Waals surface area contributed by atoms with E-state index in [0.29, 0.717) is 17.2 Å². The maximum atomic E-state index is 8.65. The summed E-state index contributed by atoms with van der Waals surface area (Å²) in [5, 5.41) is 12.0. The van der Waals surface area contributed by atoms with E-state index in [0.717, 1.165) is 89.2 Å². The van der Waals surface area contributed by atoms with Gasteiger partial charge in [0.25, 0.3) is 0 Å². The fraction of sp³-hybridized carbons (Fsp3) is 0. The minimum atomic E-state index is 0.318. The fourth-order valence-electron chi connectivity index (χ4n) is 8.50. The Kier molecular flexibility index (Phi) is 8.60. The molecule has 1 aliphatic carbocycles. The smallest absolute Gasteiger partial charge is 0.160 e. The predicted octanol–water partition coefficient (Wildman–Crippen LogP) is 13.1. The molecule has 0 bridgehead atoms. The first-order valence-electron chi connectivity index (χ1n) is 19.8. The first-order valence-corrected chi connectivity index (χ1v) is 20.2. The van der Waals surface area contributed by atoms with E-state index in [2.05, 4.69) is 167 Å². The van der Waals surface area contributed by atoms with E-state index in [4.69, 9.17) is 20.4 Å². The molecule has 0 aliphatic heterocycles. The van der Waals surface area contributed by atoms with Crippen LogP contribution < -0.4 is 0 Å². The third-order valence-corrected chi connectivity index (χ3v) is 11.5. The van der Waals surface area contributed by atoms with Gasteiger partial charge in [-0.2, -0.15) is 0 Å². The molecule has 3 aromatic heterocycles. The maximum Gasteiger partial charge on any atom is 0.160 e. The number of thiol groups is 1. The van der Waals surface area contributed by atoms with Gasteiger partial charge in [-0.15, -0.1) is 0 Å². The number of allylic oxidation sites excluding steroid dienone is 1. The molecule has 0 fully saturated rings. The number of nitrogens with zero attached hydrogens (tertiary/aromatic N) is 5. The second kappa shape index (κ2) is 14.6. The molecule has 10 aromatic rings. The van der Waals surface area contributed by atoms with Crippen molar-refractivity contribution >= 4 is 63.0 Å². The molecule has 282 valence electrons. The quantitative estimate of drug-likeness (QED) is 0.165. The number of fused-ring (bicyclic) bond motifs is 6. The largest absolute Gasteiger partial charge is 0.309 e. The van der Waals surface area contributed by atoms with Crippen molar-refractivity contribution in [2.45, 2.75) is 0 Å². The molecule has 1 aliphatic rings. The lowest BCUT2D eigenvalue weighted by Gasteiger charge is -2.20. The van der Waals surface area contributed by atoms with Gasteiger partial charge in [0.1, 0.15) is 5.71 Å². The topological polar surface area (TPSA) is 79.8 Å². The zero-order valence-electron chi connectivity index (χ0n) is 32.2. The van der Waals surface area contributed by atoms with Crippen LogP contribution in [0.25, 0.3) is 101 Å². The van der Waals surface area contributed by atoms with E-state index >= 15 is 0 Å². The SMILES string of the molecule is N=C1C=Cc2c(-c3ccccc3)nc3cc(-c4cccc(-c5cc(-c6cccc(-n7c8ccccc8c8ccccc87)c6)nc(-c6ccccc6)n5)c4)ccc3c2C1=NS. The minimum Gasteiger partial charge on any atom is -0.309 e. The van der Waals surface area contributed by atoms with Crippen molar-refractivity contribution in [1.82, 2.24) is 19.5 Å². The van der Waals surface area contributed by atoms with Crippen molar-refractivity contribution in [1.29, 1.82) is 5.41 Å². The van der Waals surface area contributed by atoms with Crippen LogP contribution in [0.1, 0.15) is 11.1 Å². The molecule has 7 aromatic carbocycles. The van der Waals surface area contributed by atoms with Crippen molar-refractivity contribution in [3.8, 4) is 62.0 Å². The third-order valence-electron chi connectivity index (χ3n) is 11.3. The van der Waals surface area contributed by atoms with Gasteiger partial charge < -0.3 is 4.57 Å². The average molecular weight is 787 g/mol. The first-order chi connectivity index (χ1) is 29.6. The van der Waals surface area contributed by atoms with Crippen molar-refractivity contribution in [2.24, 2.45) is 4.40 Å². The molecule has 0 amide bonds. The van der Waals surface area contributed by atoms with Crippen molar-refractivity contribution in [3.63, 3.8) is 0 Å². The highest BCUT2D eigenvalue weighted by Gasteiger charge is 2.24. The number of hydrogen-bond acceptors (Lipinski definition) is 6. The van der Waals surface area contributed by atoms with Crippen molar-refractivity contribution in [2.75, 3.05) is 0 Å². The first kappa shape index (κ1) is 35.4. The molecule has 0 saturated carbocycles. The molecule has 0 spiro atoms. The Morgan fingerprint density at radius 3 is 1.75 bits per heavy atom. The van der Waals surface area contributed by atoms with Gasteiger partial charge in [-0.1, -0.05) is 140 Å². The summed E-state index contributed by atoms with van der Waals surface area (Å²) in [6.45, 7) is 0. The van der Waals surface area contributed by atoms with Gasteiger partial charge in [0.15, 0.2) is 5.82 Å². The molecule has 7 heteroatoms. The van der Waals surface area contributed by atoms with Crippen LogP contribution in [-0.4, -0.2) is 30.9 Å². The Hall–Kier alpha value is -7.74. The van der Waals surface area contributed by atoms with Crippen molar-refractivity contribution in [3.05, 3.63) is 199 Å². The van der Waals surface area contributed by atoms with Crippen LogP contribution in [0.3, 0.4) is 0 Å². The standard InChI is InChI=1S/C53H34N6S/c54-44-28-27-43-50(52(44)58-60)42-26-25-36(31-47(42)55-51(43)33-13-3-1-4-14-33)35-17-11-18-37(29-35)45-32-46(57-53(56-45)34-15-5-2-6-16-34)38-19-12-20-39(30-38)59-48-23-9-7-21-40(48)41-22-8-10-24-49(41)59/h1-32,54,60H. The summed E-state index contributed by atoms with van der Waals surface area (Å²) in [6, 6.07) is 63.0. The summed E-state index contributed by atoms with van der Waals surface area (Å²) < 4.78 is 6.61. The fourth-order valence-corrected chi connectivity index (χ4v) is 8.71. The zero-order chi connectivity index (χ0) is 40.2. The lowest BCUT2D eigenvalue weighted by molar-refractivity contribution is 1.16. The highest BCUT2D eigenvalue weighted by Crippen LogP contribution is 2.38. The normalized spacial score (nSPS) is 13.1. The molecular weight excluding hydrogens is 753 g/mol. The van der Waals surface area contributed by atoms with Crippen LogP contribution in [0.15, 0.2) is 192 Å². The van der Waals surface area contributed by atoms with Crippen LogP contribution in [0, 0.1) is 5.41 Å². The summed E-state index contributed by atoms with van der Waals surface area (Å²) in [4.78, 5) is 15.6. The van der Waals surface area contributed by atoms with Gasteiger partial charge in [-0.05, 0) is 78.6 Å². The number of pyridine rings is 1. The van der Waals surface area contributed by atoms with Crippen LogP contribution in [0.2, 0.25) is 0 Å². The number of benzene rings is 7. The molecule has 3 heterocycles. The van der Waals surface area contributed by atoms with Gasteiger partial charge in [0.05, 0.1) is 39.3 Å². The Morgan fingerprint density at radius 2 is 1.05 bits per heavy atom. The van der Waals surface area contributed by atoms with E-state index in [9.17, 15) is 0 Å². The Bertz CT molecular complexity index is 3350. The van der Waals surface area contributed by atoms with Crippen LogP contribution in [0.5, 0.6) is 0 Å². The van der Waals surface area contributed by atoms with Crippen LogP contribution in [0.4, 0.5) is 0 Å². The molecule has 11 rings (SSSR count).